The van der Waals surface area contributed by atoms with Gasteiger partial charge in [-0.1, -0.05) is 25.5 Å². The van der Waals surface area contributed by atoms with Crippen LogP contribution in [0.3, 0.4) is 0 Å². The van der Waals surface area contributed by atoms with E-state index in [1.807, 2.05) is 18.2 Å². The van der Waals surface area contributed by atoms with Gasteiger partial charge in [0.25, 0.3) is 0 Å². The Hall–Kier alpha value is -0.760. The first-order valence-corrected chi connectivity index (χ1v) is 3.66. The molecule has 0 aliphatic carbocycles. The van der Waals surface area contributed by atoms with Gasteiger partial charge >= 0.3 is 0 Å². The fourth-order valence-electron chi connectivity index (χ4n) is 1.01. The topological polar surface area (TPSA) is 23.5 Å². The molecule has 0 spiro atoms. The quantitative estimate of drug-likeness (QED) is 0.632. The second-order valence-corrected chi connectivity index (χ2v) is 2.42. The maximum Gasteiger partial charge on any atom is 0.0633 e. The van der Waals surface area contributed by atoms with Gasteiger partial charge in [0.1, 0.15) is 0 Å². The van der Waals surface area contributed by atoms with Gasteiger partial charge in [-0.3, -0.25) is 10.3 Å². The number of nitrogens with zero attached hydrogens (tertiary/aromatic N) is 1. The molecule has 1 aliphatic heterocycles. The largest absolute Gasteiger partial charge is 0.288 e. The lowest BCUT2D eigenvalue weighted by molar-refractivity contribution is -0.0487. The van der Waals surface area contributed by atoms with Crippen molar-refractivity contribution in [3.05, 3.63) is 23.9 Å². The molecule has 0 fully saturated rings. The molecule has 0 aromatic heterocycles. The Labute approximate surface area is 61.4 Å². The third kappa shape index (κ3) is 1.61. The molecule has 56 valence electrons. The molecule has 0 amide bonds. The Morgan fingerprint density at radius 3 is 3.10 bits per heavy atom. The van der Waals surface area contributed by atoms with Gasteiger partial charge in [-0.05, 0) is 12.5 Å². The van der Waals surface area contributed by atoms with Crippen LogP contribution in [0.1, 0.15) is 19.8 Å². The molecule has 0 unspecified atom stereocenters. The van der Waals surface area contributed by atoms with Crippen molar-refractivity contribution >= 4 is 0 Å². The lowest BCUT2D eigenvalue weighted by Crippen LogP contribution is -2.20. The molecule has 1 heterocycles. The van der Waals surface area contributed by atoms with Crippen molar-refractivity contribution in [3.8, 4) is 0 Å². The minimum absolute atomic E-state index is 0.631. The van der Waals surface area contributed by atoms with E-state index < -0.39 is 0 Å². The average molecular weight is 139 g/mol. The van der Waals surface area contributed by atoms with E-state index in [-0.39, 0.29) is 0 Å². The SMILES string of the molecule is CCCC1=CC=CCN1O. The molecule has 10 heavy (non-hydrogen) atoms. The number of hydrogen-bond donors (Lipinski definition) is 1. The van der Waals surface area contributed by atoms with Gasteiger partial charge in [-0.25, -0.2) is 0 Å². The summed E-state index contributed by atoms with van der Waals surface area (Å²) >= 11 is 0. The summed E-state index contributed by atoms with van der Waals surface area (Å²) in [5.41, 5.74) is 1.02. The van der Waals surface area contributed by atoms with Crippen LogP contribution in [0.4, 0.5) is 0 Å². The van der Waals surface area contributed by atoms with Crippen molar-refractivity contribution in [2.75, 3.05) is 6.54 Å². The van der Waals surface area contributed by atoms with Crippen LogP contribution >= 0.6 is 0 Å². The van der Waals surface area contributed by atoms with Crippen LogP contribution in [0.25, 0.3) is 0 Å². The number of hydroxylamine groups is 2. The molecular formula is C8H13NO. The molecule has 0 bridgehead atoms. The van der Waals surface area contributed by atoms with E-state index in [2.05, 4.69) is 6.92 Å². The van der Waals surface area contributed by atoms with Crippen molar-refractivity contribution in [3.63, 3.8) is 0 Å². The summed E-state index contributed by atoms with van der Waals surface area (Å²) in [4.78, 5) is 0. The highest BCUT2D eigenvalue weighted by molar-refractivity contribution is 5.15. The van der Waals surface area contributed by atoms with Crippen LogP contribution in [0.2, 0.25) is 0 Å². The fourth-order valence-corrected chi connectivity index (χ4v) is 1.01. The van der Waals surface area contributed by atoms with E-state index >= 15 is 0 Å². The lowest BCUT2D eigenvalue weighted by Gasteiger charge is -2.20. The maximum atomic E-state index is 9.21. The second kappa shape index (κ2) is 3.42. The van der Waals surface area contributed by atoms with Crippen LogP contribution in [0.5, 0.6) is 0 Å². The van der Waals surface area contributed by atoms with E-state index in [4.69, 9.17) is 0 Å². The molecule has 2 heteroatoms. The van der Waals surface area contributed by atoms with E-state index in [1.54, 1.807) is 0 Å². The van der Waals surface area contributed by atoms with Gasteiger partial charge in [-0.15, -0.1) is 0 Å². The number of allylic oxidation sites excluding steroid dienone is 3. The summed E-state index contributed by atoms with van der Waals surface area (Å²) < 4.78 is 0. The smallest absolute Gasteiger partial charge is 0.0633 e. The lowest BCUT2D eigenvalue weighted by atomic mass is 10.2. The van der Waals surface area contributed by atoms with Gasteiger partial charge in [0.2, 0.25) is 0 Å². The minimum Gasteiger partial charge on any atom is -0.288 e. The van der Waals surface area contributed by atoms with Crippen molar-refractivity contribution < 1.29 is 5.21 Å². The monoisotopic (exact) mass is 139 g/mol. The normalized spacial score (nSPS) is 17.4. The summed E-state index contributed by atoms with van der Waals surface area (Å²) in [5, 5.41) is 10.5. The molecule has 0 radical (unpaired) electrons. The molecular weight excluding hydrogens is 126 g/mol. The number of rotatable bonds is 2. The summed E-state index contributed by atoms with van der Waals surface area (Å²) in [6.45, 7) is 2.73. The zero-order valence-corrected chi connectivity index (χ0v) is 6.25. The van der Waals surface area contributed by atoms with Gasteiger partial charge in [0, 0.05) is 5.70 Å². The highest BCUT2D eigenvalue weighted by Gasteiger charge is 2.04. The zero-order valence-electron chi connectivity index (χ0n) is 6.25. The molecule has 0 aromatic rings. The summed E-state index contributed by atoms with van der Waals surface area (Å²) in [6, 6.07) is 0. The van der Waals surface area contributed by atoms with Crippen molar-refractivity contribution in [2.45, 2.75) is 19.8 Å². The van der Waals surface area contributed by atoms with Crippen LogP contribution in [0, 0.1) is 0 Å². The predicted octanol–water partition coefficient (Wildman–Crippen LogP) is 1.93. The summed E-state index contributed by atoms with van der Waals surface area (Å²) in [6.07, 6.45) is 7.90. The first-order valence-electron chi connectivity index (χ1n) is 3.66. The summed E-state index contributed by atoms with van der Waals surface area (Å²) in [7, 11) is 0. The highest BCUT2D eigenvalue weighted by Crippen LogP contribution is 2.12. The van der Waals surface area contributed by atoms with Crippen LogP contribution in [-0.4, -0.2) is 16.8 Å². The van der Waals surface area contributed by atoms with E-state index in [1.165, 1.54) is 5.06 Å². The Morgan fingerprint density at radius 2 is 2.50 bits per heavy atom. The predicted molar refractivity (Wildman–Crippen MR) is 40.6 cm³/mol. The molecule has 2 nitrogen and oxygen atoms in total. The maximum absolute atomic E-state index is 9.21. The van der Waals surface area contributed by atoms with Crippen LogP contribution in [0.15, 0.2) is 23.9 Å². The average Bonchev–Trinajstić information content (AvgIpc) is 1.94. The standard InChI is InChI=1S/C8H13NO/c1-2-5-8-6-3-4-7-9(8)10/h3-4,6,10H,2,5,7H2,1H3. The van der Waals surface area contributed by atoms with Crippen molar-refractivity contribution in [1.29, 1.82) is 0 Å². The van der Waals surface area contributed by atoms with Crippen LogP contribution in [-0.2, 0) is 0 Å². The molecule has 1 aliphatic rings. The van der Waals surface area contributed by atoms with Gasteiger partial charge in [0.05, 0.1) is 6.54 Å². The second-order valence-electron chi connectivity index (χ2n) is 2.42. The highest BCUT2D eigenvalue weighted by atomic mass is 16.5. The van der Waals surface area contributed by atoms with Gasteiger partial charge in [-0.2, -0.15) is 0 Å². The third-order valence-corrected chi connectivity index (χ3v) is 1.54. The van der Waals surface area contributed by atoms with E-state index in [0.717, 1.165) is 18.5 Å². The third-order valence-electron chi connectivity index (χ3n) is 1.54. The van der Waals surface area contributed by atoms with Gasteiger partial charge < -0.3 is 0 Å². The van der Waals surface area contributed by atoms with Crippen molar-refractivity contribution in [2.24, 2.45) is 0 Å². The first-order chi connectivity index (χ1) is 4.84. The molecule has 0 atom stereocenters. The van der Waals surface area contributed by atoms with E-state index in [0.29, 0.717) is 6.54 Å². The molecule has 0 saturated heterocycles. The Balaban J connectivity index is 2.52. The Kier molecular flexibility index (Phi) is 2.51. The van der Waals surface area contributed by atoms with Crippen LogP contribution < -0.4 is 0 Å². The summed E-state index contributed by atoms with van der Waals surface area (Å²) in [5.74, 6) is 0. The molecule has 0 saturated carbocycles. The molecule has 1 N–H and O–H groups in total. The minimum atomic E-state index is 0.631. The van der Waals surface area contributed by atoms with Gasteiger partial charge in [0.15, 0.2) is 0 Å². The molecule has 1 rings (SSSR count). The fraction of sp³-hybridized carbons (Fsp3) is 0.500. The zero-order chi connectivity index (χ0) is 7.40. The van der Waals surface area contributed by atoms with E-state index in [9.17, 15) is 5.21 Å². The Bertz CT molecular complexity index is 161. The molecule has 0 aromatic carbocycles. The number of hydrogen-bond acceptors (Lipinski definition) is 2. The Morgan fingerprint density at radius 1 is 1.70 bits per heavy atom. The van der Waals surface area contributed by atoms with Crippen molar-refractivity contribution in [1.82, 2.24) is 5.06 Å². The first kappa shape index (κ1) is 7.35.